The molecule has 2 aromatic carbocycles. The molecule has 3 rings (SSSR count). The van der Waals surface area contributed by atoms with Gasteiger partial charge in [0, 0.05) is 15.4 Å². The van der Waals surface area contributed by atoms with Crippen LogP contribution in [0.3, 0.4) is 0 Å². The summed E-state index contributed by atoms with van der Waals surface area (Å²) in [5.41, 5.74) is 1.04. The van der Waals surface area contributed by atoms with Gasteiger partial charge in [-0.2, -0.15) is 0 Å². The van der Waals surface area contributed by atoms with E-state index in [4.69, 9.17) is 4.74 Å². The number of ether oxygens (including phenoxy) is 1. The van der Waals surface area contributed by atoms with E-state index >= 15 is 0 Å². The van der Waals surface area contributed by atoms with E-state index in [1.165, 1.54) is 7.11 Å². The summed E-state index contributed by atoms with van der Waals surface area (Å²) in [6, 6.07) is 12.5. The molecule has 0 N–H and O–H groups in total. The maximum Gasteiger partial charge on any atom is 0.199 e. The van der Waals surface area contributed by atoms with E-state index < -0.39 is 10.5 Å². The predicted octanol–water partition coefficient (Wildman–Crippen LogP) is 2.99. The first-order valence-electron chi connectivity index (χ1n) is 5.70. The molecule has 0 spiro atoms. The number of fused-ring (bicyclic) bond motifs is 2. The monoisotopic (exact) mass is 270 g/mol. The minimum Gasteiger partial charge on any atom is -0.496 e. The van der Waals surface area contributed by atoms with Gasteiger partial charge in [-0.15, -0.1) is 0 Å². The first kappa shape index (κ1) is 11.9. The minimum atomic E-state index is -0.840. The lowest BCUT2D eigenvalue weighted by atomic mass is 10.0. The fourth-order valence-corrected chi connectivity index (χ4v) is 3.87. The summed E-state index contributed by atoms with van der Waals surface area (Å²) >= 11 is 0. The van der Waals surface area contributed by atoms with Crippen LogP contribution in [0.4, 0.5) is 0 Å². The molecule has 0 saturated carbocycles. The highest BCUT2D eigenvalue weighted by molar-refractivity contribution is 8.14. The molecule has 0 saturated heterocycles. The van der Waals surface area contributed by atoms with Gasteiger partial charge in [-0.05, 0) is 34.7 Å². The number of carbonyl (C=O) groups excluding carboxylic acids is 2. The number of ketones is 1. The first-order valence-corrected chi connectivity index (χ1v) is 6.93. The van der Waals surface area contributed by atoms with Crippen LogP contribution in [0.2, 0.25) is 0 Å². The molecular weight excluding hydrogens is 260 g/mol. The quantitative estimate of drug-likeness (QED) is 0.638. The van der Waals surface area contributed by atoms with Gasteiger partial charge >= 0.3 is 0 Å². The molecule has 0 aromatic heterocycles. The second kappa shape index (κ2) is 4.50. The van der Waals surface area contributed by atoms with E-state index in [2.05, 4.69) is 5.23 Å². The van der Waals surface area contributed by atoms with E-state index in [0.29, 0.717) is 21.8 Å². The fourth-order valence-electron chi connectivity index (χ4n) is 2.25. The Kier molecular flexibility index (Phi) is 2.82. The van der Waals surface area contributed by atoms with E-state index in [9.17, 15) is 9.59 Å². The third kappa shape index (κ3) is 1.65. The van der Waals surface area contributed by atoms with Crippen LogP contribution in [-0.2, 0) is 4.79 Å². The first-order chi connectivity index (χ1) is 9.27. The fraction of sp³-hybridized carbons (Fsp3) is 0.0667. The topological polar surface area (TPSA) is 43.4 Å². The molecule has 1 heterocycles. The van der Waals surface area contributed by atoms with Crippen LogP contribution in [0, 0.1) is 0 Å². The maximum atomic E-state index is 12.5. The zero-order chi connectivity index (χ0) is 13.4. The Bertz CT molecular complexity index is 743. The predicted molar refractivity (Wildman–Crippen MR) is 72.7 cm³/mol. The van der Waals surface area contributed by atoms with E-state index in [1.54, 1.807) is 30.3 Å². The minimum absolute atomic E-state index is 0.0953. The summed E-state index contributed by atoms with van der Waals surface area (Å²) in [5, 5.41) is 2.06. The van der Waals surface area contributed by atoms with Crippen LogP contribution in [-0.4, -0.2) is 18.1 Å². The number of rotatable bonds is 1. The van der Waals surface area contributed by atoms with Gasteiger partial charge in [-0.1, -0.05) is 18.2 Å². The molecule has 0 amide bonds. The number of benzene rings is 2. The standard InChI is InChI=1S/C15H10O3S/c1-18-11-6-4-8-13-14(11)15(17)10-5-2-3-7-12(10)19(13)9-16/h2-8H,1H3. The van der Waals surface area contributed by atoms with Crippen LogP contribution in [0.15, 0.2) is 52.3 Å². The van der Waals surface area contributed by atoms with Crippen molar-refractivity contribution in [2.24, 2.45) is 0 Å². The van der Waals surface area contributed by atoms with E-state index in [0.717, 1.165) is 4.90 Å². The number of hydrogen-bond donors (Lipinski definition) is 0. The smallest absolute Gasteiger partial charge is 0.199 e. The molecule has 1 atom stereocenters. The average molecular weight is 270 g/mol. The largest absolute Gasteiger partial charge is 0.496 e. The summed E-state index contributed by atoms with van der Waals surface area (Å²) in [6.07, 6.45) is 0. The van der Waals surface area contributed by atoms with Crippen LogP contribution < -0.4 is 4.74 Å². The SMILES string of the molecule is COc1cccc2c1C(=O)c1ccccc1S2=C=O. The number of carbonyl (C=O) groups is 1. The molecule has 19 heavy (non-hydrogen) atoms. The van der Waals surface area contributed by atoms with Crippen molar-refractivity contribution in [2.45, 2.75) is 9.79 Å². The summed E-state index contributed by atoms with van der Waals surface area (Å²) in [7, 11) is 0.680. The summed E-state index contributed by atoms with van der Waals surface area (Å²) < 4.78 is 5.24. The maximum absolute atomic E-state index is 12.5. The average Bonchev–Trinajstić information content (AvgIpc) is 2.47. The van der Waals surface area contributed by atoms with E-state index in [-0.39, 0.29) is 5.78 Å². The summed E-state index contributed by atoms with van der Waals surface area (Å²) in [5.74, 6) is 0.409. The zero-order valence-corrected chi connectivity index (χ0v) is 11.0. The molecule has 0 bridgehead atoms. The highest BCUT2D eigenvalue weighted by Crippen LogP contribution is 2.46. The Morgan fingerprint density at radius 3 is 2.53 bits per heavy atom. The molecule has 1 unspecified atom stereocenters. The highest BCUT2D eigenvalue weighted by Gasteiger charge is 2.29. The Balaban J connectivity index is 2.41. The van der Waals surface area contributed by atoms with Gasteiger partial charge in [-0.3, -0.25) is 4.79 Å². The number of methoxy groups -OCH3 is 1. The Morgan fingerprint density at radius 2 is 1.79 bits per heavy atom. The summed E-state index contributed by atoms with van der Waals surface area (Å²) in [4.78, 5) is 25.3. The second-order valence-electron chi connectivity index (χ2n) is 4.05. The normalized spacial score (nSPS) is 16.3. The lowest BCUT2D eigenvalue weighted by molar-refractivity contribution is 0.102. The van der Waals surface area contributed by atoms with E-state index in [1.807, 2.05) is 12.1 Å². The van der Waals surface area contributed by atoms with Crippen LogP contribution >= 0.6 is 10.5 Å². The molecule has 4 heteroatoms. The van der Waals surface area contributed by atoms with Gasteiger partial charge < -0.3 is 4.74 Å². The third-order valence-corrected chi connectivity index (χ3v) is 4.83. The van der Waals surface area contributed by atoms with Gasteiger partial charge in [-0.25, -0.2) is 4.79 Å². The Morgan fingerprint density at radius 1 is 1.05 bits per heavy atom. The van der Waals surface area contributed by atoms with Crippen LogP contribution in [0.25, 0.3) is 0 Å². The molecular formula is C15H10O3S. The molecule has 2 aromatic rings. The molecule has 94 valence electrons. The van der Waals surface area contributed by atoms with Gasteiger partial charge in [0.15, 0.2) is 11.0 Å². The lowest BCUT2D eigenvalue weighted by Crippen LogP contribution is -2.12. The van der Waals surface area contributed by atoms with Gasteiger partial charge in [0.05, 0.1) is 12.7 Å². The van der Waals surface area contributed by atoms with Crippen molar-refractivity contribution < 1.29 is 14.3 Å². The van der Waals surface area contributed by atoms with Gasteiger partial charge in [0.25, 0.3) is 0 Å². The Hall–Kier alpha value is -2.16. The molecule has 3 nitrogen and oxygen atoms in total. The number of hydrogen-bond acceptors (Lipinski definition) is 3. The molecule has 1 aliphatic heterocycles. The molecule has 0 fully saturated rings. The van der Waals surface area contributed by atoms with Crippen molar-refractivity contribution in [3.63, 3.8) is 0 Å². The second-order valence-corrected chi connectivity index (χ2v) is 5.71. The van der Waals surface area contributed by atoms with Gasteiger partial charge in [0.1, 0.15) is 5.75 Å². The van der Waals surface area contributed by atoms with Crippen molar-refractivity contribution in [2.75, 3.05) is 7.11 Å². The third-order valence-electron chi connectivity index (χ3n) is 3.09. The lowest BCUT2D eigenvalue weighted by Gasteiger charge is -2.21. The van der Waals surface area contributed by atoms with Gasteiger partial charge in [0.2, 0.25) is 0 Å². The summed E-state index contributed by atoms with van der Waals surface area (Å²) in [6.45, 7) is 0. The molecule has 0 aliphatic carbocycles. The highest BCUT2D eigenvalue weighted by atomic mass is 32.2. The van der Waals surface area contributed by atoms with Crippen LogP contribution in [0.5, 0.6) is 5.75 Å². The molecule has 1 aliphatic rings. The van der Waals surface area contributed by atoms with Crippen molar-refractivity contribution in [1.29, 1.82) is 0 Å². The van der Waals surface area contributed by atoms with Crippen LogP contribution in [0.1, 0.15) is 15.9 Å². The van der Waals surface area contributed by atoms with Crippen molar-refractivity contribution in [3.8, 4) is 5.75 Å². The van der Waals surface area contributed by atoms with Crippen molar-refractivity contribution >= 4 is 21.5 Å². The Labute approximate surface area is 112 Å². The molecule has 0 radical (unpaired) electrons. The zero-order valence-electron chi connectivity index (χ0n) is 10.2. The van der Waals surface area contributed by atoms with Crippen molar-refractivity contribution in [1.82, 2.24) is 0 Å². The van der Waals surface area contributed by atoms with Crippen molar-refractivity contribution in [3.05, 3.63) is 53.6 Å².